The van der Waals surface area contributed by atoms with Crippen LogP contribution >= 0.6 is 11.6 Å². The van der Waals surface area contributed by atoms with E-state index in [4.69, 9.17) is 20.9 Å². The van der Waals surface area contributed by atoms with Crippen molar-refractivity contribution in [2.45, 2.75) is 37.7 Å². The molecule has 0 saturated heterocycles. The van der Waals surface area contributed by atoms with Crippen LogP contribution in [0.5, 0.6) is 0 Å². The van der Waals surface area contributed by atoms with Gasteiger partial charge in [-0.15, -0.1) is 0 Å². The van der Waals surface area contributed by atoms with Gasteiger partial charge in [-0.1, -0.05) is 72.1 Å². The lowest BCUT2D eigenvalue weighted by Gasteiger charge is -2.26. The molecule has 4 rings (SSSR count). The molecule has 5 nitrogen and oxygen atoms in total. The van der Waals surface area contributed by atoms with Gasteiger partial charge in [0.15, 0.2) is 6.61 Å². The van der Waals surface area contributed by atoms with Crippen LogP contribution in [0.15, 0.2) is 59.1 Å². The van der Waals surface area contributed by atoms with Crippen molar-refractivity contribution < 1.29 is 14.1 Å². The first-order valence-corrected chi connectivity index (χ1v) is 9.36. The van der Waals surface area contributed by atoms with Crippen LogP contribution in [0, 0.1) is 0 Å². The number of ether oxygens (including phenoxy) is 1. The summed E-state index contributed by atoms with van der Waals surface area (Å²) in [4.78, 5) is 17.2. The van der Waals surface area contributed by atoms with Crippen molar-refractivity contribution in [3.8, 4) is 11.4 Å². The lowest BCUT2D eigenvalue weighted by atomic mass is 9.79. The number of rotatable bonds is 5. The molecule has 0 bridgehead atoms. The molecule has 2 aromatic carbocycles. The first kappa shape index (κ1) is 17.7. The number of nitrogens with zero attached hydrogens (tertiary/aromatic N) is 2. The third kappa shape index (κ3) is 3.60. The Morgan fingerprint density at radius 2 is 1.89 bits per heavy atom. The third-order valence-corrected chi connectivity index (χ3v) is 5.29. The molecule has 0 N–H and O–H groups in total. The van der Waals surface area contributed by atoms with E-state index in [0.717, 1.165) is 36.8 Å². The van der Waals surface area contributed by atoms with E-state index >= 15 is 0 Å². The summed E-state index contributed by atoms with van der Waals surface area (Å²) in [6.45, 7) is -0.0407. The Kier molecular flexibility index (Phi) is 4.94. The second kappa shape index (κ2) is 7.53. The van der Waals surface area contributed by atoms with Gasteiger partial charge in [0, 0.05) is 10.6 Å². The Balaban J connectivity index is 1.48. The average molecular weight is 383 g/mol. The van der Waals surface area contributed by atoms with E-state index in [1.165, 1.54) is 0 Å². The number of hydrogen-bond donors (Lipinski definition) is 0. The number of carbonyl (C=O) groups is 1. The molecular weight excluding hydrogens is 364 g/mol. The minimum absolute atomic E-state index is 0.0407. The van der Waals surface area contributed by atoms with Gasteiger partial charge in [-0.2, -0.15) is 4.98 Å². The minimum Gasteiger partial charge on any atom is -0.455 e. The summed E-state index contributed by atoms with van der Waals surface area (Å²) < 4.78 is 10.8. The first-order chi connectivity index (χ1) is 13.2. The van der Waals surface area contributed by atoms with Gasteiger partial charge >= 0.3 is 5.97 Å². The van der Waals surface area contributed by atoms with Crippen LogP contribution in [-0.2, 0) is 21.6 Å². The van der Waals surface area contributed by atoms with Crippen LogP contribution in [0.1, 0.15) is 37.1 Å². The normalized spacial score (nSPS) is 15.6. The maximum absolute atomic E-state index is 12.9. The van der Waals surface area contributed by atoms with E-state index in [2.05, 4.69) is 10.1 Å². The summed E-state index contributed by atoms with van der Waals surface area (Å²) in [5.41, 5.74) is 1.19. The highest BCUT2D eigenvalue weighted by Crippen LogP contribution is 2.42. The molecule has 0 spiro atoms. The molecule has 6 heteroatoms. The molecule has 1 aromatic heterocycles. The molecule has 1 fully saturated rings. The number of carbonyl (C=O) groups excluding carboxylic acids is 1. The van der Waals surface area contributed by atoms with Gasteiger partial charge < -0.3 is 9.26 Å². The van der Waals surface area contributed by atoms with Crippen LogP contribution in [0.4, 0.5) is 0 Å². The van der Waals surface area contributed by atoms with Crippen molar-refractivity contribution in [2.24, 2.45) is 0 Å². The number of hydrogen-bond acceptors (Lipinski definition) is 5. The maximum atomic E-state index is 12.9. The van der Waals surface area contributed by atoms with Gasteiger partial charge in [0.05, 0.1) is 5.41 Å². The second-order valence-corrected chi connectivity index (χ2v) is 7.19. The Hall–Kier alpha value is -2.66. The monoisotopic (exact) mass is 382 g/mol. The molecule has 1 aliphatic carbocycles. The summed E-state index contributed by atoms with van der Waals surface area (Å²) in [6.07, 6.45) is 3.63. The quantitative estimate of drug-likeness (QED) is 0.584. The standard InChI is InChI=1S/C21H19ClN2O3/c22-17-10-6-7-15(13-17)19-23-18(27-24-19)14-26-20(25)21(11-4-5-12-21)16-8-2-1-3-9-16/h1-3,6-10,13H,4-5,11-12,14H2. The van der Waals surface area contributed by atoms with E-state index in [1.807, 2.05) is 42.5 Å². The Labute approximate surface area is 162 Å². The SMILES string of the molecule is O=C(OCc1nc(-c2cccc(Cl)c2)no1)C1(c2ccccc2)CCCC1. The number of halogens is 1. The molecule has 0 unspecified atom stereocenters. The Bertz CT molecular complexity index is 933. The fourth-order valence-corrected chi connectivity index (χ4v) is 3.86. The maximum Gasteiger partial charge on any atom is 0.317 e. The predicted octanol–water partition coefficient (Wildman–Crippen LogP) is 4.95. The Morgan fingerprint density at radius 3 is 2.63 bits per heavy atom. The minimum atomic E-state index is -0.572. The zero-order chi connectivity index (χ0) is 18.7. The van der Waals surface area contributed by atoms with Crippen LogP contribution in [-0.4, -0.2) is 16.1 Å². The van der Waals surface area contributed by atoms with E-state index in [-0.39, 0.29) is 18.5 Å². The van der Waals surface area contributed by atoms with Crippen molar-refractivity contribution in [2.75, 3.05) is 0 Å². The number of aromatic nitrogens is 2. The van der Waals surface area contributed by atoms with E-state index in [1.54, 1.807) is 12.1 Å². The molecule has 0 radical (unpaired) electrons. The van der Waals surface area contributed by atoms with E-state index < -0.39 is 5.41 Å². The smallest absolute Gasteiger partial charge is 0.317 e. The van der Waals surface area contributed by atoms with Gasteiger partial charge in [-0.3, -0.25) is 4.79 Å². The van der Waals surface area contributed by atoms with Gasteiger partial charge in [0.2, 0.25) is 5.82 Å². The zero-order valence-corrected chi connectivity index (χ0v) is 15.5. The lowest BCUT2D eigenvalue weighted by Crippen LogP contribution is -2.34. The van der Waals surface area contributed by atoms with Gasteiger partial charge in [-0.25, -0.2) is 0 Å². The summed E-state index contributed by atoms with van der Waals surface area (Å²) in [7, 11) is 0. The fraction of sp³-hybridized carbons (Fsp3) is 0.286. The fourth-order valence-electron chi connectivity index (χ4n) is 3.67. The lowest BCUT2D eigenvalue weighted by molar-refractivity contribution is -0.152. The van der Waals surface area contributed by atoms with Crippen LogP contribution in [0.3, 0.4) is 0 Å². The molecule has 3 aromatic rings. The Morgan fingerprint density at radius 1 is 1.11 bits per heavy atom. The summed E-state index contributed by atoms with van der Waals surface area (Å²) >= 11 is 5.99. The van der Waals surface area contributed by atoms with Crippen LogP contribution in [0.2, 0.25) is 5.02 Å². The second-order valence-electron chi connectivity index (χ2n) is 6.75. The predicted molar refractivity (Wildman–Crippen MR) is 101 cm³/mol. The van der Waals surface area contributed by atoms with Gasteiger partial charge in [0.25, 0.3) is 5.89 Å². The average Bonchev–Trinajstić information content (AvgIpc) is 3.37. The molecule has 27 heavy (non-hydrogen) atoms. The molecule has 1 heterocycles. The molecule has 1 aliphatic rings. The van der Waals surface area contributed by atoms with Crippen molar-refractivity contribution in [3.63, 3.8) is 0 Å². The van der Waals surface area contributed by atoms with Crippen molar-refractivity contribution >= 4 is 17.6 Å². The zero-order valence-electron chi connectivity index (χ0n) is 14.7. The summed E-state index contributed by atoms with van der Waals surface area (Å²) in [5, 5.41) is 4.54. The summed E-state index contributed by atoms with van der Waals surface area (Å²) in [6, 6.07) is 17.0. The van der Waals surface area contributed by atoms with E-state index in [0.29, 0.717) is 10.8 Å². The van der Waals surface area contributed by atoms with E-state index in [9.17, 15) is 4.79 Å². The molecule has 0 atom stereocenters. The topological polar surface area (TPSA) is 65.2 Å². The largest absolute Gasteiger partial charge is 0.455 e. The van der Waals surface area contributed by atoms with Crippen molar-refractivity contribution in [1.29, 1.82) is 0 Å². The van der Waals surface area contributed by atoms with Gasteiger partial charge in [-0.05, 0) is 30.5 Å². The molecule has 1 saturated carbocycles. The summed E-state index contributed by atoms with van der Waals surface area (Å²) in [5.74, 6) is 0.454. The van der Waals surface area contributed by atoms with Crippen molar-refractivity contribution in [1.82, 2.24) is 10.1 Å². The number of esters is 1. The molecule has 0 aliphatic heterocycles. The highest BCUT2D eigenvalue weighted by molar-refractivity contribution is 6.30. The van der Waals surface area contributed by atoms with Crippen molar-refractivity contribution in [3.05, 3.63) is 71.1 Å². The third-order valence-electron chi connectivity index (χ3n) is 5.05. The van der Waals surface area contributed by atoms with Crippen LogP contribution < -0.4 is 0 Å². The highest BCUT2D eigenvalue weighted by Gasteiger charge is 2.44. The first-order valence-electron chi connectivity index (χ1n) is 8.99. The molecular formula is C21H19ClN2O3. The molecule has 0 amide bonds. The van der Waals surface area contributed by atoms with Gasteiger partial charge in [0.1, 0.15) is 0 Å². The highest BCUT2D eigenvalue weighted by atomic mass is 35.5. The van der Waals surface area contributed by atoms with Crippen LogP contribution in [0.25, 0.3) is 11.4 Å². The number of benzene rings is 2. The molecule has 138 valence electrons.